The highest BCUT2D eigenvalue weighted by molar-refractivity contribution is 9.10. The fourth-order valence-corrected chi connectivity index (χ4v) is 3.77. The smallest absolute Gasteiger partial charge is 0.0350 e. The summed E-state index contributed by atoms with van der Waals surface area (Å²) in [6.07, 6.45) is 0.849. The van der Waals surface area contributed by atoms with Crippen molar-refractivity contribution in [3.05, 3.63) is 69.5 Å². The molecule has 96 valence electrons. The molecule has 1 atom stereocenters. The molecule has 0 aliphatic carbocycles. The van der Waals surface area contributed by atoms with Crippen molar-refractivity contribution in [2.24, 2.45) is 5.73 Å². The van der Waals surface area contributed by atoms with Crippen molar-refractivity contribution < 1.29 is 0 Å². The van der Waals surface area contributed by atoms with Crippen LogP contribution in [0.1, 0.15) is 17.2 Å². The average Bonchev–Trinajstić information content (AvgIpc) is 2.85. The molecule has 0 amide bonds. The molecule has 1 aromatic heterocycles. The van der Waals surface area contributed by atoms with E-state index in [-0.39, 0.29) is 6.04 Å². The Kier molecular flexibility index (Phi) is 3.69. The lowest BCUT2D eigenvalue weighted by molar-refractivity contribution is 0.728. The van der Waals surface area contributed by atoms with E-state index < -0.39 is 0 Å². The first-order valence-corrected chi connectivity index (χ1v) is 7.88. The first kappa shape index (κ1) is 12.9. The summed E-state index contributed by atoms with van der Waals surface area (Å²) < 4.78 is 2.44. The molecule has 0 saturated heterocycles. The second-order valence-electron chi connectivity index (χ2n) is 4.59. The average molecular weight is 332 g/mol. The van der Waals surface area contributed by atoms with Crippen LogP contribution in [0.15, 0.2) is 58.4 Å². The molecule has 2 N–H and O–H groups in total. The minimum Gasteiger partial charge on any atom is -0.324 e. The number of benzene rings is 2. The van der Waals surface area contributed by atoms with E-state index in [9.17, 15) is 0 Å². The Labute approximate surface area is 125 Å². The Hall–Kier alpha value is -1.16. The fraction of sp³-hybridized carbons (Fsp3) is 0.125. The Bertz CT molecular complexity index is 705. The van der Waals surface area contributed by atoms with Crippen molar-refractivity contribution in [3.63, 3.8) is 0 Å². The number of thiophene rings is 1. The number of rotatable bonds is 3. The summed E-state index contributed by atoms with van der Waals surface area (Å²) in [5.74, 6) is 0. The molecule has 0 aliphatic heterocycles. The van der Waals surface area contributed by atoms with E-state index in [1.807, 2.05) is 6.07 Å². The molecule has 2 aromatic carbocycles. The maximum absolute atomic E-state index is 6.39. The fourth-order valence-electron chi connectivity index (χ4n) is 2.30. The Morgan fingerprint density at radius 2 is 1.79 bits per heavy atom. The number of hydrogen-bond acceptors (Lipinski definition) is 2. The molecule has 3 aromatic rings. The van der Waals surface area contributed by atoms with Crippen molar-refractivity contribution in [2.45, 2.75) is 12.5 Å². The molecule has 1 nitrogen and oxygen atoms in total. The normalized spacial score (nSPS) is 12.7. The molecular weight excluding hydrogens is 318 g/mol. The lowest BCUT2D eigenvalue weighted by Gasteiger charge is -2.12. The standard InChI is InChI=1S/C16H14BrNS/c17-14-7-3-1-5-11(14)9-15(18)13-10-19-16-8-4-2-6-12(13)16/h1-8,10,15H,9,18H2. The highest BCUT2D eigenvalue weighted by atomic mass is 79.9. The van der Waals surface area contributed by atoms with Crippen LogP contribution in [-0.2, 0) is 6.42 Å². The summed E-state index contributed by atoms with van der Waals surface area (Å²) in [5.41, 5.74) is 8.89. The van der Waals surface area contributed by atoms with Crippen molar-refractivity contribution in [1.29, 1.82) is 0 Å². The Balaban J connectivity index is 1.92. The van der Waals surface area contributed by atoms with Gasteiger partial charge in [0.15, 0.2) is 0 Å². The minimum atomic E-state index is 0.0369. The minimum absolute atomic E-state index is 0.0369. The summed E-state index contributed by atoms with van der Waals surface area (Å²) in [6.45, 7) is 0. The van der Waals surface area contributed by atoms with E-state index in [2.05, 4.69) is 63.8 Å². The third kappa shape index (κ3) is 2.59. The Morgan fingerprint density at radius 1 is 1.05 bits per heavy atom. The quantitative estimate of drug-likeness (QED) is 0.725. The number of fused-ring (bicyclic) bond motifs is 1. The molecule has 0 saturated carbocycles. The zero-order chi connectivity index (χ0) is 13.2. The molecule has 0 spiro atoms. The summed E-state index contributed by atoms with van der Waals surface area (Å²) in [6, 6.07) is 16.8. The van der Waals surface area contributed by atoms with Crippen LogP contribution in [0.5, 0.6) is 0 Å². The number of nitrogens with two attached hydrogens (primary N) is 1. The molecule has 19 heavy (non-hydrogen) atoms. The number of hydrogen-bond donors (Lipinski definition) is 1. The van der Waals surface area contributed by atoms with Crippen molar-refractivity contribution in [2.75, 3.05) is 0 Å². The molecule has 3 heteroatoms. The van der Waals surface area contributed by atoms with Gasteiger partial charge < -0.3 is 5.73 Å². The zero-order valence-electron chi connectivity index (χ0n) is 10.3. The third-order valence-electron chi connectivity index (χ3n) is 3.31. The first-order chi connectivity index (χ1) is 9.25. The largest absolute Gasteiger partial charge is 0.324 e. The van der Waals surface area contributed by atoms with Crippen LogP contribution < -0.4 is 5.73 Å². The molecular formula is C16H14BrNS. The summed E-state index contributed by atoms with van der Waals surface area (Å²) in [7, 11) is 0. The van der Waals surface area contributed by atoms with Gasteiger partial charge in [0.05, 0.1) is 0 Å². The van der Waals surface area contributed by atoms with Crippen LogP contribution in [0.3, 0.4) is 0 Å². The molecule has 1 unspecified atom stereocenters. The van der Waals surface area contributed by atoms with Crippen LogP contribution in [0.2, 0.25) is 0 Å². The van der Waals surface area contributed by atoms with Crippen LogP contribution >= 0.6 is 27.3 Å². The van der Waals surface area contributed by atoms with Crippen molar-refractivity contribution in [3.8, 4) is 0 Å². The molecule has 3 rings (SSSR count). The monoisotopic (exact) mass is 331 g/mol. The second kappa shape index (κ2) is 5.45. The predicted octanol–water partition coefficient (Wildman–Crippen LogP) is 4.91. The van der Waals surface area contributed by atoms with Gasteiger partial charge in [0.2, 0.25) is 0 Å². The topological polar surface area (TPSA) is 26.0 Å². The van der Waals surface area contributed by atoms with Crippen LogP contribution in [0.4, 0.5) is 0 Å². The summed E-state index contributed by atoms with van der Waals surface area (Å²) in [4.78, 5) is 0. The highest BCUT2D eigenvalue weighted by Crippen LogP contribution is 2.31. The van der Waals surface area contributed by atoms with Gasteiger partial charge in [-0.1, -0.05) is 52.3 Å². The van der Waals surface area contributed by atoms with Gasteiger partial charge in [-0.3, -0.25) is 0 Å². The maximum atomic E-state index is 6.39. The number of halogens is 1. The first-order valence-electron chi connectivity index (χ1n) is 6.21. The SMILES string of the molecule is NC(Cc1ccccc1Br)c1csc2ccccc12. The van der Waals surface area contributed by atoms with Crippen molar-refractivity contribution in [1.82, 2.24) is 0 Å². The van der Waals surface area contributed by atoms with Gasteiger partial charge in [-0.2, -0.15) is 0 Å². The molecule has 1 heterocycles. The van der Waals surface area contributed by atoms with Gasteiger partial charge in [-0.25, -0.2) is 0 Å². The second-order valence-corrected chi connectivity index (χ2v) is 6.35. The lowest BCUT2D eigenvalue weighted by Crippen LogP contribution is -2.13. The zero-order valence-corrected chi connectivity index (χ0v) is 12.7. The van der Waals surface area contributed by atoms with Gasteiger partial charge >= 0.3 is 0 Å². The van der Waals surface area contributed by atoms with E-state index in [1.165, 1.54) is 21.2 Å². The van der Waals surface area contributed by atoms with E-state index >= 15 is 0 Å². The van der Waals surface area contributed by atoms with Crippen molar-refractivity contribution >= 4 is 37.4 Å². The van der Waals surface area contributed by atoms with Gasteiger partial charge in [0.25, 0.3) is 0 Å². The van der Waals surface area contributed by atoms with E-state index in [0.29, 0.717) is 0 Å². The van der Waals surface area contributed by atoms with Gasteiger partial charge in [-0.05, 0) is 40.4 Å². The van der Waals surface area contributed by atoms with E-state index in [1.54, 1.807) is 11.3 Å². The van der Waals surface area contributed by atoms with E-state index in [0.717, 1.165) is 10.9 Å². The summed E-state index contributed by atoms with van der Waals surface area (Å²) >= 11 is 5.35. The predicted molar refractivity (Wildman–Crippen MR) is 86.6 cm³/mol. The van der Waals surface area contributed by atoms with Crippen LogP contribution in [-0.4, -0.2) is 0 Å². The molecule has 0 radical (unpaired) electrons. The van der Waals surface area contributed by atoms with E-state index in [4.69, 9.17) is 5.73 Å². The molecule has 0 fully saturated rings. The highest BCUT2D eigenvalue weighted by Gasteiger charge is 2.13. The molecule has 0 bridgehead atoms. The van der Waals surface area contributed by atoms with Crippen LogP contribution in [0, 0.1) is 0 Å². The van der Waals surface area contributed by atoms with Gasteiger partial charge in [-0.15, -0.1) is 11.3 Å². The van der Waals surface area contributed by atoms with Gasteiger partial charge in [0.1, 0.15) is 0 Å². The summed E-state index contributed by atoms with van der Waals surface area (Å²) in [5, 5.41) is 3.47. The Morgan fingerprint density at radius 3 is 2.63 bits per heavy atom. The van der Waals surface area contributed by atoms with Crippen LogP contribution in [0.25, 0.3) is 10.1 Å². The third-order valence-corrected chi connectivity index (χ3v) is 5.06. The maximum Gasteiger partial charge on any atom is 0.0350 e. The lowest BCUT2D eigenvalue weighted by atomic mass is 9.99. The molecule has 0 aliphatic rings. The van der Waals surface area contributed by atoms with Gasteiger partial charge in [0, 0.05) is 15.2 Å².